The van der Waals surface area contributed by atoms with Gasteiger partial charge in [-0.1, -0.05) is 55.2 Å². The van der Waals surface area contributed by atoms with E-state index in [2.05, 4.69) is 36.8 Å². The number of hydrogen-bond acceptors (Lipinski definition) is 2. The van der Waals surface area contributed by atoms with E-state index < -0.39 is 14.0 Å². The Balaban J connectivity index is 2.48. The van der Waals surface area contributed by atoms with Gasteiger partial charge < -0.3 is 5.11 Å². The monoisotopic (exact) mass is 271 g/mol. The summed E-state index contributed by atoms with van der Waals surface area (Å²) in [4.78, 5) is 15.1. The average molecular weight is 271 g/mol. The zero-order valence-electron chi connectivity index (χ0n) is 11.3. The van der Waals surface area contributed by atoms with Gasteiger partial charge in [-0.25, -0.2) is 9.78 Å². The lowest BCUT2D eigenvalue weighted by Gasteiger charge is -2.17. The van der Waals surface area contributed by atoms with E-state index in [9.17, 15) is 4.79 Å². The smallest absolute Gasteiger partial charge is 0.354 e. The molecule has 0 aliphatic rings. The van der Waals surface area contributed by atoms with Crippen molar-refractivity contribution in [2.24, 2.45) is 0 Å². The van der Waals surface area contributed by atoms with Gasteiger partial charge in [0, 0.05) is 5.56 Å². The largest absolute Gasteiger partial charge is 0.477 e. The Morgan fingerprint density at radius 2 is 1.79 bits per heavy atom. The second kappa shape index (κ2) is 4.97. The van der Waals surface area contributed by atoms with E-state index in [4.69, 9.17) is 5.11 Å². The first-order valence-electron chi connectivity index (χ1n) is 6.19. The van der Waals surface area contributed by atoms with Gasteiger partial charge in [-0.2, -0.15) is 0 Å². The highest BCUT2D eigenvalue weighted by molar-refractivity contribution is 6.88. The number of benzene rings is 1. The van der Waals surface area contributed by atoms with Crippen LogP contribution in [0.3, 0.4) is 0 Å². The standard InChI is InChI=1S/C15H17NO2Si/c1-19(2,3)12-7-4-6-11(10-12)13-8-5-9-14(16-13)15(17)18/h4-10H,1-3H3,(H,17,18). The number of carboxylic acid groups (broad SMARTS) is 1. The van der Waals surface area contributed by atoms with E-state index >= 15 is 0 Å². The molecule has 0 unspecified atom stereocenters. The Bertz CT molecular complexity index is 618. The predicted molar refractivity (Wildman–Crippen MR) is 79.6 cm³/mol. The maximum absolute atomic E-state index is 11.0. The number of aromatic nitrogens is 1. The van der Waals surface area contributed by atoms with E-state index in [0.717, 1.165) is 5.56 Å². The second-order valence-electron chi connectivity index (χ2n) is 5.54. The lowest BCUT2D eigenvalue weighted by atomic mass is 10.1. The molecule has 1 heterocycles. The van der Waals surface area contributed by atoms with Crippen LogP contribution in [0, 0.1) is 0 Å². The van der Waals surface area contributed by atoms with E-state index in [1.807, 2.05) is 18.2 Å². The maximum Gasteiger partial charge on any atom is 0.354 e. The topological polar surface area (TPSA) is 50.2 Å². The molecule has 2 aromatic rings. The lowest BCUT2D eigenvalue weighted by molar-refractivity contribution is 0.0690. The first-order chi connectivity index (χ1) is 8.88. The molecule has 0 atom stereocenters. The van der Waals surface area contributed by atoms with Crippen LogP contribution in [0.5, 0.6) is 0 Å². The minimum atomic E-state index is -1.38. The third kappa shape index (κ3) is 3.09. The highest BCUT2D eigenvalue weighted by Gasteiger charge is 2.17. The molecule has 1 aromatic carbocycles. The molecule has 4 heteroatoms. The van der Waals surface area contributed by atoms with Crippen LogP contribution in [0.25, 0.3) is 11.3 Å². The number of hydrogen-bond donors (Lipinski definition) is 1. The molecular weight excluding hydrogens is 254 g/mol. The number of carbonyl (C=O) groups is 1. The summed E-state index contributed by atoms with van der Waals surface area (Å²) < 4.78 is 0. The van der Waals surface area contributed by atoms with Gasteiger partial charge in [-0.15, -0.1) is 0 Å². The van der Waals surface area contributed by atoms with Crippen LogP contribution in [0.15, 0.2) is 42.5 Å². The summed E-state index contributed by atoms with van der Waals surface area (Å²) >= 11 is 0. The SMILES string of the molecule is C[Si](C)(C)c1cccc(-c2cccc(C(=O)O)n2)c1. The van der Waals surface area contributed by atoms with Gasteiger partial charge in [0.15, 0.2) is 0 Å². The summed E-state index contributed by atoms with van der Waals surface area (Å²) in [7, 11) is -1.38. The molecule has 2 rings (SSSR count). The van der Waals surface area contributed by atoms with Crippen LogP contribution in [0.2, 0.25) is 19.6 Å². The summed E-state index contributed by atoms with van der Waals surface area (Å²) in [5.41, 5.74) is 1.76. The predicted octanol–water partition coefficient (Wildman–Crippen LogP) is 2.99. The van der Waals surface area contributed by atoms with Gasteiger partial charge in [-0.05, 0) is 12.1 Å². The van der Waals surface area contributed by atoms with Crippen molar-refractivity contribution >= 4 is 19.2 Å². The van der Waals surface area contributed by atoms with Gasteiger partial charge in [0.25, 0.3) is 0 Å². The van der Waals surface area contributed by atoms with Crippen molar-refractivity contribution in [3.63, 3.8) is 0 Å². The molecular formula is C15H17NO2Si. The van der Waals surface area contributed by atoms with Gasteiger partial charge in [0.2, 0.25) is 0 Å². The molecule has 0 spiro atoms. The normalized spacial score (nSPS) is 11.3. The fraction of sp³-hybridized carbons (Fsp3) is 0.200. The molecule has 0 amide bonds. The molecule has 1 aromatic heterocycles. The summed E-state index contributed by atoms with van der Waals surface area (Å²) in [6.07, 6.45) is 0. The van der Waals surface area contributed by atoms with Crippen molar-refractivity contribution in [1.82, 2.24) is 4.98 Å². The van der Waals surface area contributed by atoms with Crippen molar-refractivity contribution in [2.75, 3.05) is 0 Å². The fourth-order valence-corrected chi connectivity index (χ4v) is 3.04. The number of rotatable bonds is 3. The van der Waals surface area contributed by atoms with Crippen molar-refractivity contribution in [3.05, 3.63) is 48.2 Å². The highest BCUT2D eigenvalue weighted by atomic mass is 28.3. The highest BCUT2D eigenvalue weighted by Crippen LogP contribution is 2.17. The average Bonchev–Trinajstić information content (AvgIpc) is 2.38. The van der Waals surface area contributed by atoms with Gasteiger partial charge >= 0.3 is 5.97 Å². The molecule has 0 saturated heterocycles. The molecule has 3 nitrogen and oxygen atoms in total. The first-order valence-corrected chi connectivity index (χ1v) is 9.69. The third-order valence-corrected chi connectivity index (χ3v) is 5.04. The van der Waals surface area contributed by atoms with Gasteiger partial charge in [0.1, 0.15) is 5.69 Å². The van der Waals surface area contributed by atoms with E-state index in [1.165, 1.54) is 11.3 Å². The van der Waals surface area contributed by atoms with Crippen LogP contribution in [-0.4, -0.2) is 24.1 Å². The molecule has 0 fully saturated rings. The molecule has 1 N–H and O–H groups in total. The van der Waals surface area contributed by atoms with Crippen molar-refractivity contribution < 1.29 is 9.90 Å². The second-order valence-corrected chi connectivity index (χ2v) is 10.6. The number of nitrogens with zero attached hydrogens (tertiary/aromatic N) is 1. The number of aromatic carboxylic acids is 1. The summed E-state index contributed by atoms with van der Waals surface area (Å²) in [6, 6.07) is 13.3. The summed E-state index contributed by atoms with van der Waals surface area (Å²) in [5.74, 6) is -0.997. The van der Waals surface area contributed by atoms with E-state index in [0.29, 0.717) is 5.69 Å². The van der Waals surface area contributed by atoms with Crippen molar-refractivity contribution in [1.29, 1.82) is 0 Å². The van der Waals surface area contributed by atoms with Crippen molar-refractivity contribution in [3.8, 4) is 11.3 Å². The zero-order valence-corrected chi connectivity index (χ0v) is 12.3. The number of carboxylic acids is 1. The first kappa shape index (κ1) is 13.5. The minimum Gasteiger partial charge on any atom is -0.477 e. The zero-order chi connectivity index (χ0) is 14.0. The molecule has 98 valence electrons. The third-order valence-electron chi connectivity index (χ3n) is 2.99. The molecule has 0 saturated carbocycles. The molecule has 0 aliphatic heterocycles. The molecule has 0 aliphatic carbocycles. The Kier molecular flexibility index (Phi) is 3.53. The Hall–Kier alpha value is -1.94. The van der Waals surface area contributed by atoms with Crippen molar-refractivity contribution in [2.45, 2.75) is 19.6 Å². The molecule has 0 bridgehead atoms. The van der Waals surface area contributed by atoms with Gasteiger partial charge in [0.05, 0.1) is 13.8 Å². The van der Waals surface area contributed by atoms with Crippen LogP contribution in [0.1, 0.15) is 10.5 Å². The summed E-state index contributed by atoms with van der Waals surface area (Å²) in [5, 5.41) is 10.3. The molecule has 0 radical (unpaired) electrons. The quantitative estimate of drug-likeness (QED) is 0.873. The van der Waals surface area contributed by atoms with Crippen LogP contribution in [-0.2, 0) is 0 Å². The maximum atomic E-state index is 11.0. The van der Waals surface area contributed by atoms with E-state index in [1.54, 1.807) is 6.07 Å². The Labute approximate surface area is 114 Å². The fourth-order valence-electron chi connectivity index (χ4n) is 1.86. The van der Waals surface area contributed by atoms with Crippen LogP contribution < -0.4 is 5.19 Å². The lowest BCUT2D eigenvalue weighted by Crippen LogP contribution is -2.37. The van der Waals surface area contributed by atoms with Crippen LogP contribution >= 0.6 is 0 Å². The van der Waals surface area contributed by atoms with E-state index in [-0.39, 0.29) is 5.69 Å². The Morgan fingerprint density at radius 1 is 1.11 bits per heavy atom. The Morgan fingerprint density at radius 3 is 2.42 bits per heavy atom. The summed E-state index contributed by atoms with van der Waals surface area (Å²) in [6.45, 7) is 6.85. The number of pyridine rings is 1. The minimum absolute atomic E-state index is 0.0795. The molecule has 19 heavy (non-hydrogen) atoms. The van der Waals surface area contributed by atoms with Gasteiger partial charge in [-0.3, -0.25) is 0 Å². The van der Waals surface area contributed by atoms with Crippen LogP contribution in [0.4, 0.5) is 0 Å².